The second kappa shape index (κ2) is 9.08. The van der Waals surface area contributed by atoms with Gasteiger partial charge in [-0.25, -0.2) is 4.98 Å². The van der Waals surface area contributed by atoms with Crippen LogP contribution in [0.4, 0.5) is 5.13 Å². The van der Waals surface area contributed by atoms with Crippen LogP contribution in [-0.4, -0.2) is 47.1 Å². The van der Waals surface area contributed by atoms with Crippen LogP contribution >= 0.6 is 11.3 Å². The first kappa shape index (κ1) is 19.6. The molecule has 0 aliphatic rings. The largest absolute Gasteiger partial charge is 0.395 e. The van der Waals surface area contributed by atoms with E-state index in [4.69, 9.17) is 5.11 Å². The van der Waals surface area contributed by atoms with Crippen molar-refractivity contribution in [2.75, 3.05) is 31.6 Å². The van der Waals surface area contributed by atoms with E-state index in [0.717, 1.165) is 24.2 Å². The minimum Gasteiger partial charge on any atom is -0.395 e. The monoisotopic (exact) mass is 361 g/mol. The number of benzene rings is 1. The van der Waals surface area contributed by atoms with Crippen molar-refractivity contribution < 1.29 is 9.90 Å². The van der Waals surface area contributed by atoms with Crippen LogP contribution in [0.2, 0.25) is 0 Å². The average molecular weight is 362 g/mol. The van der Waals surface area contributed by atoms with Gasteiger partial charge in [-0.05, 0) is 56.5 Å². The summed E-state index contributed by atoms with van der Waals surface area (Å²) in [7, 11) is 0. The van der Waals surface area contributed by atoms with Crippen molar-refractivity contribution in [2.45, 2.75) is 34.1 Å². The quantitative estimate of drug-likeness (QED) is 0.756. The minimum absolute atomic E-state index is 0.0563. The lowest BCUT2D eigenvalue weighted by atomic mass is 9.99. The number of nitrogens with one attached hydrogen (secondary N) is 1. The van der Waals surface area contributed by atoms with Crippen LogP contribution in [0, 0.1) is 20.8 Å². The number of hydrogen-bond donors (Lipinski definition) is 2. The third kappa shape index (κ3) is 5.36. The Kier molecular flexibility index (Phi) is 7.11. The van der Waals surface area contributed by atoms with Crippen molar-refractivity contribution in [3.63, 3.8) is 0 Å². The van der Waals surface area contributed by atoms with Crippen molar-refractivity contribution >= 4 is 22.4 Å². The Labute approximate surface area is 153 Å². The summed E-state index contributed by atoms with van der Waals surface area (Å²) >= 11 is 1.43. The number of hydrogen-bond acceptors (Lipinski definition) is 5. The Morgan fingerprint density at radius 2 is 1.92 bits per heavy atom. The van der Waals surface area contributed by atoms with Crippen molar-refractivity contribution in [1.82, 2.24) is 9.88 Å². The number of aliphatic hydroxyl groups is 1. The third-order valence-electron chi connectivity index (χ3n) is 4.19. The molecule has 0 aliphatic heterocycles. The Bertz CT molecular complexity index is 721. The third-order valence-corrected chi connectivity index (χ3v) is 4.95. The maximum atomic E-state index is 12.2. The molecule has 0 radical (unpaired) electrons. The topological polar surface area (TPSA) is 65.5 Å². The second-order valence-corrected chi connectivity index (χ2v) is 7.20. The molecule has 0 spiro atoms. The van der Waals surface area contributed by atoms with Gasteiger partial charge in [0.15, 0.2) is 5.13 Å². The van der Waals surface area contributed by atoms with Crippen LogP contribution in [0.3, 0.4) is 0 Å². The lowest BCUT2D eigenvalue weighted by Crippen LogP contribution is -2.35. The minimum atomic E-state index is -0.0976. The van der Waals surface area contributed by atoms with Gasteiger partial charge >= 0.3 is 0 Å². The molecule has 2 rings (SSSR count). The summed E-state index contributed by atoms with van der Waals surface area (Å²) in [5.74, 6) is -0.0976. The number of aromatic nitrogens is 1. The van der Waals surface area contributed by atoms with E-state index in [9.17, 15) is 4.79 Å². The summed E-state index contributed by atoms with van der Waals surface area (Å²) in [6.45, 7) is 9.96. The van der Waals surface area contributed by atoms with Crippen LogP contribution < -0.4 is 5.32 Å². The van der Waals surface area contributed by atoms with Gasteiger partial charge in [0.25, 0.3) is 0 Å². The van der Waals surface area contributed by atoms with Gasteiger partial charge in [-0.3, -0.25) is 9.69 Å². The number of rotatable bonds is 8. The van der Waals surface area contributed by atoms with Crippen molar-refractivity contribution in [3.8, 4) is 11.3 Å². The maximum absolute atomic E-state index is 12.2. The molecule has 0 fully saturated rings. The van der Waals surface area contributed by atoms with Crippen LogP contribution in [0.1, 0.15) is 30.0 Å². The van der Waals surface area contributed by atoms with Gasteiger partial charge in [0, 0.05) is 17.5 Å². The van der Waals surface area contributed by atoms with Crippen molar-refractivity contribution in [3.05, 3.63) is 34.2 Å². The van der Waals surface area contributed by atoms with Crippen molar-refractivity contribution in [2.24, 2.45) is 0 Å². The lowest BCUT2D eigenvalue weighted by molar-refractivity contribution is -0.117. The molecule has 0 saturated heterocycles. The number of carbonyl (C=O) groups is 1. The van der Waals surface area contributed by atoms with E-state index < -0.39 is 0 Å². The highest BCUT2D eigenvalue weighted by molar-refractivity contribution is 7.14. The molecule has 5 nitrogen and oxygen atoms in total. The molecule has 1 aromatic heterocycles. The molecule has 6 heteroatoms. The van der Waals surface area contributed by atoms with E-state index in [2.05, 4.69) is 50.1 Å². The molecule has 0 aliphatic carbocycles. The van der Waals surface area contributed by atoms with E-state index in [-0.39, 0.29) is 19.1 Å². The molecule has 1 aromatic carbocycles. The molecule has 2 aromatic rings. The molecule has 1 heterocycles. The van der Waals surface area contributed by atoms with E-state index in [0.29, 0.717) is 11.7 Å². The zero-order valence-electron chi connectivity index (χ0n) is 15.4. The predicted octanol–water partition coefficient (Wildman–Crippen LogP) is 3.38. The van der Waals surface area contributed by atoms with Crippen LogP contribution in [0.5, 0.6) is 0 Å². The highest BCUT2D eigenvalue weighted by Gasteiger charge is 2.13. The summed E-state index contributed by atoms with van der Waals surface area (Å²) in [6, 6.07) is 4.31. The fraction of sp³-hybridized carbons (Fsp3) is 0.474. The SMILES string of the molecule is CCCN(CCO)CC(=O)Nc1nc(-c2cc(C)c(C)cc2C)cs1. The Morgan fingerprint density at radius 3 is 2.60 bits per heavy atom. The van der Waals surface area contributed by atoms with E-state index in [1.165, 1.54) is 28.0 Å². The Balaban J connectivity index is 2.06. The molecular weight excluding hydrogens is 334 g/mol. The first-order valence-corrected chi connectivity index (χ1v) is 9.49. The first-order valence-electron chi connectivity index (χ1n) is 8.61. The maximum Gasteiger partial charge on any atom is 0.240 e. The second-order valence-electron chi connectivity index (χ2n) is 6.34. The number of anilines is 1. The Morgan fingerprint density at radius 1 is 1.20 bits per heavy atom. The van der Waals surface area contributed by atoms with Gasteiger partial charge in [-0.15, -0.1) is 11.3 Å². The molecule has 2 N–H and O–H groups in total. The highest BCUT2D eigenvalue weighted by Crippen LogP contribution is 2.29. The van der Waals surface area contributed by atoms with Crippen molar-refractivity contribution in [1.29, 1.82) is 0 Å². The van der Waals surface area contributed by atoms with Gasteiger partial charge in [0.2, 0.25) is 5.91 Å². The normalized spacial score (nSPS) is 11.1. The van der Waals surface area contributed by atoms with E-state index in [1.54, 1.807) is 0 Å². The summed E-state index contributed by atoms with van der Waals surface area (Å²) in [5.41, 5.74) is 5.68. The predicted molar refractivity (Wildman–Crippen MR) is 104 cm³/mol. The molecule has 0 atom stereocenters. The van der Waals surface area contributed by atoms with Crippen LogP contribution in [-0.2, 0) is 4.79 Å². The zero-order valence-corrected chi connectivity index (χ0v) is 16.2. The van der Waals surface area contributed by atoms with Gasteiger partial charge in [0.05, 0.1) is 18.8 Å². The highest BCUT2D eigenvalue weighted by atomic mass is 32.1. The molecular formula is C19H27N3O2S. The molecule has 0 unspecified atom stereocenters. The Hall–Kier alpha value is -1.76. The molecule has 0 saturated carbocycles. The van der Waals surface area contributed by atoms with Crippen LogP contribution in [0.15, 0.2) is 17.5 Å². The number of aliphatic hydroxyl groups excluding tert-OH is 1. The van der Waals surface area contributed by atoms with Crippen LogP contribution in [0.25, 0.3) is 11.3 Å². The van der Waals surface area contributed by atoms with Gasteiger partial charge in [-0.1, -0.05) is 13.0 Å². The molecule has 1 amide bonds. The lowest BCUT2D eigenvalue weighted by Gasteiger charge is -2.19. The van der Waals surface area contributed by atoms with Gasteiger partial charge < -0.3 is 10.4 Å². The summed E-state index contributed by atoms with van der Waals surface area (Å²) in [6.07, 6.45) is 0.945. The molecule has 25 heavy (non-hydrogen) atoms. The van der Waals surface area contributed by atoms with E-state index >= 15 is 0 Å². The molecule has 136 valence electrons. The fourth-order valence-corrected chi connectivity index (χ4v) is 3.51. The zero-order chi connectivity index (χ0) is 18.4. The number of aryl methyl sites for hydroxylation is 3. The molecule has 0 bridgehead atoms. The smallest absolute Gasteiger partial charge is 0.240 e. The summed E-state index contributed by atoms with van der Waals surface area (Å²) in [5, 5.41) is 14.5. The first-order chi connectivity index (χ1) is 11.9. The summed E-state index contributed by atoms with van der Waals surface area (Å²) in [4.78, 5) is 18.7. The standard InChI is InChI=1S/C19H27N3O2S/c1-5-6-22(7-8-23)11-18(24)21-19-20-17(12-25-19)16-10-14(3)13(2)9-15(16)4/h9-10,12,23H,5-8,11H2,1-4H3,(H,20,21,24). The fourth-order valence-electron chi connectivity index (χ4n) is 2.78. The van der Waals surface area contributed by atoms with E-state index in [1.807, 2.05) is 10.3 Å². The number of nitrogens with zero attached hydrogens (tertiary/aromatic N) is 2. The number of thiazole rings is 1. The number of carbonyl (C=O) groups excluding carboxylic acids is 1. The number of amides is 1. The average Bonchev–Trinajstić information content (AvgIpc) is 2.99. The van der Waals surface area contributed by atoms with Gasteiger partial charge in [0.1, 0.15) is 0 Å². The summed E-state index contributed by atoms with van der Waals surface area (Å²) < 4.78 is 0. The van der Waals surface area contributed by atoms with Gasteiger partial charge in [-0.2, -0.15) is 0 Å².